The first-order valence-corrected chi connectivity index (χ1v) is 12.4. The van der Waals surface area contributed by atoms with E-state index in [1.165, 1.54) is 10.4 Å². The fraction of sp³-hybridized carbons (Fsp3) is 0.364. The molecular weight excluding hydrogens is 459 g/mol. The minimum Gasteiger partial charge on any atom is -0.506 e. The number of hydrogen-bond acceptors (Lipinski definition) is 5. The second-order valence-electron chi connectivity index (χ2n) is 8.07. The molecule has 2 aliphatic heterocycles. The number of anilines is 1. The number of phenols is 1. The summed E-state index contributed by atoms with van der Waals surface area (Å²) in [7, 11) is -3.58. The average Bonchev–Trinajstić information content (AvgIpc) is 3.26. The minimum absolute atomic E-state index is 0.0178. The molecule has 3 unspecified atom stereocenters. The van der Waals surface area contributed by atoms with E-state index in [1.54, 1.807) is 24.3 Å². The van der Waals surface area contributed by atoms with Crippen molar-refractivity contribution in [1.29, 1.82) is 0 Å². The molecule has 1 aliphatic carbocycles. The number of morpholine rings is 1. The quantitative estimate of drug-likeness (QED) is 0.630. The van der Waals surface area contributed by atoms with Crippen molar-refractivity contribution in [3.8, 4) is 5.75 Å². The zero-order valence-corrected chi connectivity index (χ0v) is 18.9. The highest BCUT2D eigenvalue weighted by Gasteiger charge is 2.40. The largest absolute Gasteiger partial charge is 0.506 e. The maximum Gasteiger partial charge on any atom is 0.243 e. The summed E-state index contributed by atoms with van der Waals surface area (Å²) in [6.07, 6.45) is 5.02. The molecule has 0 aromatic heterocycles. The second kappa shape index (κ2) is 7.98. The lowest BCUT2D eigenvalue weighted by Crippen LogP contribution is -2.40. The zero-order valence-electron chi connectivity index (χ0n) is 16.6. The number of nitrogens with zero attached hydrogens (tertiary/aromatic N) is 1. The lowest BCUT2D eigenvalue weighted by atomic mass is 9.77. The normalized spacial score (nSPS) is 25.7. The Bertz CT molecular complexity index is 1160. The third-order valence-corrected chi connectivity index (χ3v) is 8.74. The molecular formula is C22H22Cl2N2O4S. The first-order valence-electron chi connectivity index (χ1n) is 10.2. The van der Waals surface area contributed by atoms with Crippen LogP contribution in [0.2, 0.25) is 10.0 Å². The van der Waals surface area contributed by atoms with Crippen LogP contribution in [0.3, 0.4) is 0 Å². The predicted octanol–water partition coefficient (Wildman–Crippen LogP) is 4.55. The Morgan fingerprint density at radius 1 is 1.10 bits per heavy atom. The predicted molar refractivity (Wildman–Crippen MR) is 120 cm³/mol. The number of nitrogens with one attached hydrogen (secondary N) is 1. The van der Waals surface area contributed by atoms with Gasteiger partial charge in [-0.05, 0) is 48.2 Å². The summed E-state index contributed by atoms with van der Waals surface area (Å²) < 4.78 is 33.1. The van der Waals surface area contributed by atoms with Crippen molar-refractivity contribution >= 4 is 38.9 Å². The fourth-order valence-corrected chi connectivity index (χ4v) is 6.75. The number of rotatable bonds is 3. The van der Waals surface area contributed by atoms with Gasteiger partial charge in [-0.3, -0.25) is 0 Å². The Labute approximate surface area is 191 Å². The lowest BCUT2D eigenvalue weighted by Gasteiger charge is -2.38. The number of halogens is 2. The van der Waals surface area contributed by atoms with Gasteiger partial charge in [0.1, 0.15) is 5.75 Å². The molecule has 1 fully saturated rings. The van der Waals surface area contributed by atoms with Crippen molar-refractivity contribution in [3.63, 3.8) is 0 Å². The van der Waals surface area contributed by atoms with Crippen LogP contribution in [-0.4, -0.2) is 44.1 Å². The van der Waals surface area contributed by atoms with Crippen molar-refractivity contribution < 1.29 is 18.3 Å². The van der Waals surface area contributed by atoms with Gasteiger partial charge < -0.3 is 15.2 Å². The fourth-order valence-electron chi connectivity index (χ4n) is 4.80. The van der Waals surface area contributed by atoms with E-state index in [4.69, 9.17) is 27.9 Å². The van der Waals surface area contributed by atoms with Gasteiger partial charge in [0.05, 0.1) is 29.2 Å². The van der Waals surface area contributed by atoms with Crippen LogP contribution in [0.5, 0.6) is 5.75 Å². The van der Waals surface area contributed by atoms with Crippen LogP contribution in [0.25, 0.3) is 0 Å². The van der Waals surface area contributed by atoms with Gasteiger partial charge in [0.25, 0.3) is 0 Å². The molecule has 2 aromatic rings. The Morgan fingerprint density at radius 2 is 1.87 bits per heavy atom. The minimum atomic E-state index is -3.58. The zero-order chi connectivity index (χ0) is 21.8. The van der Waals surface area contributed by atoms with E-state index >= 15 is 0 Å². The number of sulfonamides is 1. The molecule has 5 rings (SSSR count). The van der Waals surface area contributed by atoms with Gasteiger partial charge in [0.15, 0.2) is 0 Å². The van der Waals surface area contributed by atoms with Gasteiger partial charge in [0.2, 0.25) is 10.0 Å². The number of aromatic hydroxyl groups is 1. The monoisotopic (exact) mass is 480 g/mol. The molecule has 31 heavy (non-hydrogen) atoms. The molecule has 3 atom stereocenters. The van der Waals surface area contributed by atoms with Crippen molar-refractivity contribution in [3.05, 3.63) is 63.7 Å². The molecule has 0 bridgehead atoms. The molecule has 2 aromatic carbocycles. The molecule has 164 valence electrons. The Kier molecular flexibility index (Phi) is 5.43. The first-order chi connectivity index (χ1) is 14.9. The van der Waals surface area contributed by atoms with Crippen LogP contribution in [0.4, 0.5) is 5.69 Å². The molecule has 3 aliphatic rings. The number of fused-ring (bicyclic) bond motifs is 3. The third-order valence-electron chi connectivity index (χ3n) is 6.33. The summed E-state index contributed by atoms with van der Waals surface area (Å²) in [5, 5.41) is 14.8. The first kappa shape index (κ1) is 21.1. The molecule has 6 nitrogen and oxygen atoms in total. The summed E-state index contributed by atoms with van der Waals surface area (Å²) in [5.74, 6) is 0.150. The summed E-state index contributed by atoms with van der Waals surface area (Å²) in [5.41, 5.74) is 2.43. The smallest absolute Gasteiger partial charge is 0.243 e. The molecule has 0 saturated carbocycles. The van der Waals surface area contributed by atoms with Crippen LogP contribution in [0, 0.1) is 5.92 Å². The average molecular weight is 481 g/mol. The van der Waals surface area contributed by atoms with Gasteiger partial charge in [0, 0.05) is 35.3 Å². The SMILES string of the molecule is O=S(=O)(c1ccc2c(c1)C1C=CCC1C(c1cc(Cl)cc(Cl)c1O)N2)N1CCOCC1. The Hall–Kier alpha value is -1.77. The van der Waals surface area contributed by atoms with E-state index in [9.17, 15) is 13.5 Å². The molecule has 0 amide bonds. The highest BCUT2D eigenvalue weighted by molar-refractivity contribution is 7.89. The maximum absolute atomic E-state index is 13.1. The molecule has 2 heterocycles. The van der Waals surface area contributed by atoms with Gasteiger partial charge in [-0.25, -0.2) is 8.42 Å². The van der Waals surface area contributed by atoms with Crippen LogP contribution < -0.4 is 5.32 Å². The van der Waals surface area contributed by atoms with Crippen LogP contribution >= 0.6 is 23.2 Å². The van der Waals surface area contributed by atoms with Crippen LogP contribution in [-0.2, 0) is 14.8 Å². The molecule has 1 saturated heterocycles. The summed E-state index contributed by atoms with van der Waals surface area (Å²) in [6.45, 7) is 1.54. The van der Waals surface area contributed by atoms with Crippen molar-refractivity contribution in [2.24, 2.45) is 5.92 Å². The third kappa shape index (κ3) is 3.62. The maximum atomic E-state index is 13.1. The summed E-state index contributed by atoms with van der Waals surface area (Å²) >= 11 is 12.4. The number of ether oxygens (including phenoxy) is 1. The molecule has 0 radical (unpaired) electrons. The second-order valence-corrected chi connectivity index (χ2v) is 10.8. The highest BCUT2D eigenvalue weighted by Crippen LogP contribution is 2.52. The number of hydrogen-bond donors (Lipinski definition) is 2. The van der Waals surface area contributed by atoms with E-state index in [0.29, 0.717) is 41.8 Å². The standard InChI is InChI=1S/C22H22Cl2N2O4S/c23-13-10-18(22(27)19(24)11-13)21-16-3-1-2-15(16)17-12-14(4-5-20(17)25-21)31(28,29)26-6-8-30-9-7-26/h1-2,4-5,10-12,15-16,21,25,27H,3,6-9H2. The number of allylic oxidation sites excluding steroid dienone is 2. The van der Waals surface area contributed by atoms with Gasteiger partial charge in [-0.15, -0.1) is 0 Å². The van der Waals surface area contributed by atoms with Crippen molar-refractivity contribution in [1.82, 2.24) is 4.31 Å². The van der Waals surface area contributed by atoms with E-state index in [1.807, 2.05) is 0 Å². The van der Waals surface area contributed by atoms with Crippen LogP contribution in [0.15, 0.2) is 47.4 Å². The van der Waals surface area contributed by atoms with Crippen LogP contribution in [0.1, 0.15) is 29.5 Å². The Morgan fingerprint density at radius 3 is 2.65 bits per heavy atom. The number of phenolic OH excluding ortho intramolecular Hbond substituents is 1. The van der Waals surface area contributed by atoms with Gasteiger partial charge in [-0.1, -0.05) is 35.4 Å². The molecule has 0 spiro atoms. The van der Waals surface area contributed by atoms with Gasteiger partial charge in [-0.2, -0.15) is 4.31 Å². The van der Waals surface area contributed by atoms with Crippen molar-refractivity contribution in [2.45, 2.75) is 23.3 Å². The van der Waals surface area contributed by atoms with E-state index in [2.05, 4.69) is 17.5 Å². The lowest BCUT2D eigenvalue weighted by molar-refractivity contribution is 0.0730. The summed E-state index contributed by atoms with van der Waals surface area (Å²) in [6, 6.07) is 8.27. The topological polar surface area (TPSA) is 78.9 Å². The molecule has 9 heteroatoms. The van der Waals surface area contributed by atoms with Crippen molar-refractivity contribution in [2.75, 3.05) is 31.6 Å². The van der Waals surface area contributed by atoms with E-state index in [-0.39, 0.29) is 28.6 Å². The number of benzene rings is 2. The van der Waals surface area contributed by atoms with E-state index < -0.39 is 10.0 Å². The van der Waals surface area contributed by atoms with E-state index in [0.717, 1.165) is 17.7 Å². The Balaban J connectivity index is 1.54. The highest BCUT2D eigenvalue weighted by atomic mass is 35.5. The molecule has 2 N–H and O–H groups in total. The van der Waals surface area contributed by atoms with Gasteiger partial charge >= 0.3 is 0 Å². The summed E-state index contributed by atoms with van der Waals surface area (Å²) in [4.78, 5) is 0.293.